The number of rotatable bonds is 6. The molecule has 0 amide bonds. The van der Waals surface area contributed by atoms with E-state index in [1.165, 1.54) is 12.1 Å². The minimum Gasteiger partial charge on any atom is -0.396 e. The molecule has 102 valence electrons. The van der Waals surface area contributed by atoms with Crippen molar-refractivity contribution in [1.29, 1.82) is 0 Å². The summed E-state index contributed by atoms with van der Waals surface area (Å²) in [6.45, 7) is 3.87. The van der Waals surface area contributed by atoms with Gasteiger partial charge in [-0.1, -0.05) is 29.8 Å². The van der Waals surface area contributed by atoms with Crippen LogP contribution in [0.3, 0.4) is 0 Å². The van der Waals surface area contributed by atoms with Crippen LogP contribution in [0.2, 0.25) is 0 Å². The number of hydrogen-bond donors (Lipinski definition) is 2. The Morgan fingerprint density at radius 1 is 1.28 bits per heavy atom. The second-order valence-corrected chi connectivity index (χ2v) is 6.18. The van der Waals surface area contributed by atoms with Crippen molar-refractivity contribution in [3.63, 3.8) is 0 Å². The lowest BCUT2D eigenvalue weighted by Crippen LogP contribution is -2.34. The molecule has 1 rings (SSSR count). The molecule has 0 aliphatic rings. The molecule has 0 radical (unpaired) electrons. The van der Waals surface area contributed by atoms with Crippen molar-refractivity contribution in [2.24, 2.45) is 11.3 Å². The van der Waals surface area contributed by atoms with E-state index >= 15 is 0 Å². The molecule has 0 aliphatic carbocycles. The summed E-state index contributed by atoms with van der Waals surface area (Å²) >= 11 is 3.38. The van der Waals surface area contributed by atoms with Crippen LogP contribution in [0.5, 0.6) is 0 Å². The highest BCUT2D eigenvalue weighted by Crippen LogP contribution is 2.32. The van der Waals surface area contributed by atoms with Gasteiger partial charge in [0.2, 0.25) is 0 Å². The Labute approximate surface area is 116 Å². The minimum atomic E-state index is -0.593. The molecule has 0 bridgehead atoms. The Balaban J connectivity index is 2.98. The summed E-state index contributed by atoms with van der Waals surface area (Å²) in [7, 11) is 0. The molecule has 0 fully saturated rings. The monoisotopic (exact) mass is 318 g/mol. The van der Waals surface area contributed by atoms with Crippen molar-refractivity contribution in [3.05, 3.63) is 34.1 Å². The third-order valence-electron chi connectivity index (χ3n) is 3.09. The standard InChI is InChI=1S/C14H20BrFO2/c1-10(2)6-14(8-17,9-18)7-11-5-12(16)3-4-13(11)15/h3-5,10,17-18H,6-9H2,1-2H3. The van der Waals surface area contributed by atoms with Gasteiger partial charge in [-0.2, -0.15) is 0 Å². The van der Waals surface area contributed by atoms with Crippen LogP contribution in [0.25, 0.3) is 0 Å². The van der Waals surface area contributed by atoms with Crippen molar-refractivity contribution in [2.45, 2.75) is 26.7 Å². The molecule has 18 heavy (non-hydrogen) atoms. The molecule has 0 atom stereocenters. The normalized spacial score (nSPS) is 12.2. The highest BCUT2D eigenvalue weighted by atomic mass is 79.9. The molecule has 0 unspecified atom stereocenters. The van der Waals surface area contributed by atoms with E-state index < -0.39 is 5.41 Å². The third-order valence-corrected chi connectivity index (χ3v) is 3.86. The van der Waals surface area contributed by atoms with Gasteiger partial charge in [-0.15, -0.1) is 0 Å². The Morgan fingerprint density at radius 2 is 1.89 bits per heavy atom. The Kier molecular flexibility index (Phi) is 5.76. The second kappa shape index (κ2) is 6.64. The van der Waals surface area contributed by atoms with Gasteiger partial charge >= 0.3 is 0 Å². The van der Waals surface area contributed by atoms with Gasteiger partial charge in [0.25, 0.3) is 0 Å². The predicted octanol–water partition coefficient (Wildman–Crippen LogP) is 3.15. The van der Waals surface area contributed by atoms with E-state index in [1.54, 1.807) is 6.07 Å². The van der Waals surface area contributed by atoms with Gasteiger partial charge in [0.05, 0.1) is 13.2 Å². The number of hydrogen-bond acceptors (Lipinski definition) is 2. The zero-order valence-corrected chi connectivity index (χ0v) is 12.4. The van der Waals surface area contributed by atoms with E-state index in [2.05, 4.69) is 15.9 Å². The molecular weight excluding hydrogens is 299 g/mol. The maximum atomic E-state index is 13.2. The second-order valence-electron chi connectivity index (χ2n) is 5.33. The molecule has 0 heterocycles. The average molecular weight is 319 g/mol. The van der Waals surface area contributed by atoms with Gasteiger partial charge in [0.1, 0.15) is 5.82 Å². The quantitative estimate of drug-likeness (QED) is 0.846. The highest BCUT2D eigenvalue weighted by molar-refractivity contribution is 9.10. The fourth-order valence-electron chi connectivity index (χ4n) is 2.31. The smallest absolute Gasteiger partial charge is 0.123 e. The summed E-state index contributed by atoms with van der Waals surface area (Å²) in [5.74, 6) is 0.0548. The molecular formula is C14H20BrFO2. The van der Waals surface area contributed by atoms with Crippen molar-refractivity contribution < 1.29 is 14.6 Å². The highest BCUT2D eigenvalue weighted by Gasteiger charge is 2.30. The first kappa shape index (κ1) is 15.6. The number of benzene rings is 1. The van der Waals surface area contributed by atoms with E-state index in [9.17, 15) is 14.6 Å². The Morgan fingerprint density at radius 3 is 2.39 bits per heavy atom. The van der Waals surface area contributed by atoms with Crippen molar-refractivity contribution in [1.82, 2.24) is 0 Å². The van der Waals surface area contributed by atoms with Gasteiger partial charge in [-0.05, 0) is 42.5 Å². The molecule has 0 aromatic heterocycles. The summed E-state index contributed by atoms with van der Waals surface area (Å²) < 4.78 is 14.1. The van der Waals surface area contributed by atoms with Gasteiger partial charge < -0.3 is 10.2 Å². The first-order valence-electron chi connectivity index (χ1n) is 6.08. The summed E-state index contributed by atoms with van der Waals surface area (Å²) in [6.07, 6.45) is 1.15. The molecule has 0 aliphatic heterocycles. The molecule has 1 aromatic carbocycles. The number of aliphatic hydroxyl groups excluding tert-OH is 2. The Hall–Kier alpha value is -0.450. The van der Waals surface area contributed by atoms with Crippen molar-refractivity contribution in [2.75, 3.05) is 13.2 Å². The first-order valence-corrected chi connectivity index (χ1v) is 6.87. The molecule has 0 saturated heterocycles. The van der Waals surface area contributed by atoms with Crippen LogP contribution in [0, 0.1) is 17.2 Å². The van der Waals surface area contributed by atoms with Crippen LogP contribution in [0.15, 0.2) is 22.7 Å². The predicted molar refractivity (Wildman–Crippen MR) is 73.9 cm³/mol. The lowest BCUT2D eigenvalue weighted by Gasteiger charge is -2.32. The van der Waals surface area contributed by atoms with Crippen LogP contribution in [-0.4, -0.2) is 23.4 Å². The van der Waals surface area contributed by atoms with E-state index in [0.29, 0.717) is 18.8 Å². The molecule has 2 nitrogen and oxygen atoms in total. The third kappa shape index (κ3) is 4.04. The molecule has 0 saturated carbocycles. The summed E-state index contributed by atoms with van der Waals surface area (Å²) in [6, 6.07) is 4.49. The zero-order valence-electron chi connectivity index (χ0n) is 10.8. The van der Waals surface area contributed by atoms with Crippen LogP contribution >= 0.6 is 15.9 Å². The van der Waals surface area contributed by atoms with Gasteiger partial charge in [0, 0.05) is 9.89 Å². The largest absolute Gasteiger partial charge is 0.396 e. The molecule has 0 spiro atoms. The lowest BCUT2D eigenvalue weighted by atomic mass is 9.76. The van der Waals surface area contributed by atoms with E-state index in [-0.39, 0.29) is 19.0 Å². The number of aliphatic hydroxyl groups is 2. The molecule has 1 aromatic rings. The average Bonchev–Trinajstić information content (AvgIpc) is 2.32. The van der Waals surface area contributed by atoms with Crippen molar-refractivity contribution in [3.8, 4) is 0 Å². The van der Waals surface area contributed by atoms with E-state index in [1.807, 2.05) is 13.8 Å². The van der Waals surface area contributed by atoms with Crippen LogP contribution < -0.4 is 0 Å². The van der Waals surface area contributed by atoms with Gasteiger partial charge in [-0.25, -0.2) is 4.39 Å². The molecule has 2 N–H and O–H groups in total. The van der Waals surface area contributed by atoms with Crippen molar-refractivity contribution >= 4 is 15.9 Å². The van der Waals surface area contributed by atoms with E-state index in [4.69, 9.17) is 0 Å². The molecule has 4 heteroatoms. The number of halogens is 2. The summed E-state index contributed by atoms with van der Waals surface area (Å²) in [5.41, 5.74) is 0.184. The zero-order chi connectivity index (χ0) is 13.8. The van der Waals surface area contributed by atoms with Gasteiger partial charge in [-0.3, -0.25) is 0 Å². The maximum absolute atomic E-state index is 13.2. The topological polar surface area (TPSA) is 40.5 Å². The fraction of sp³-hybridized carbons (Fsp3) is 0.571. The van der Waals surface area contributed by atoms with Crippen LogP contribution in [-0.2, 0) is 6.42 Å². The first-order chi connectivity index (χ1) is 8.42. The maximum Gasteiger partial charge on any atom is 0.123 e. The van der Waals surface area contributed by atoms with Gasteiger partial charge in [0.15, 0.2) is 0 Å². The van der Waals surface area contributed by atoms with Crippen LogP contribution in [0.4, 0.5) is 4.39 Å². The minimum absolute atomic E-state index is 0.107. The van der Waals surface area contributed by atoms with Crippen LogP contribution in [0.1, 0.15) is 25.8 Å². The Bertz CT molecular complexity index is 389. The SMILES string of the molecule is CC(C)CC(CO)(CO)Cc1cc(F)ccc1Br. The summed E-state index contributed by atoms with van der Waals surface area (Å²) in [5, 5.41) is 19.2. The van der Waals surface area contributed by atoms with E-state index in [0.717, 1.165) is 10.0 Å². The lowest BCUT2D eigenvalue weighted by molar-refractivity contribution is 0.0368. The fourth-order valence-corrected chi connectivity index (χ4v) is 2.70. The summed E-state index contributed by atoms with van der Waals surface area (Å²) in [4.78, 5) is 0.